The minimum atomic E-state index is -5.18. The summed E-state index contributed by atoms with van der Waals surface area (Å²) >= 11 is 0.675. The molecule has 0 spiro atoms. The van der Waals surface area contributed by atoms with Gasteiger partial charge in [-0.05, 0) is 50.4 Å². The summed E-state index contributed by atoms with van der Waals surface area (Å²) in [6, 6.07) is 7.01. The maximum absolute atomic E-state index is 16.7. The minimum absolute atomic E-state index is 0.0220. The van der Waals surface area contributed by atoms with Gasteiger partial charge in [-0.1, -0.05) is 24.3 Å². The zero-order valence-electron chi connectivity index (χ0n) is 28.2. The number of rotatable bonds is 4. The van der Waals surface area contributed by atoms with Crippen LogP contribution < -0.4 is 25.8 Å². The number of halogens is 5. The fourth-order valence-corrected chi connectivity index (χ4v) is 8.39. The number of thiophene rings is 1. The van der Waals surface area contributed by atoms with E-state index >= 15 is 17.6 Å². The Hall–Kier alpha value is -5.27. The van der Waals surface area contributed by atoms with E-state index in [0.717, 1.165) is 18.2 Å². The van der Waals surface area contributed by atoms with Gasteiger partial charge in [-0.25, -0.2) is 13.8 Å². The number of ether oxygens (including phenoxy) is 2. The van der Waals surface area contributed by atoms with Crippen LogP contribution in [0.25, 0.3) is 32.1 Å². The number of fused-ring (bicyclic) bond motifs is 2. The maximum Gasteiger partial charge on any atom is 0.420 e. The molecule has 2 atom stereocenters. The number of methoxy groups -OCH3 is 1. The second-order valence-electron chi connectivity index (χ2n) is 12.8. The number of alkyl halides is 3. The van der Waals surface area contributed by atoms with E-state index in [1.165, 1.54) is 51.2 Å². The Morgan fingerprint density at radius 1 is 1.15 bits per heavy atom. The zero-order chi connectivity index (χ0) is 37.1. The first-order chi connectivity index (χ1) is 24.8. The van der Waals surface area contributed by atoms with Crippen molar-refractivity contribution in [1.82, 2.24) is 19.9 Å². The zero-order valence-corrected chi connectivity index (χ0v) is 29.0. The molecule has 52 heavy (non-hydrogen) atoms. The Kier molecular flexibility index (Phi) is 9.04. The SMILES string of the molecule is C=C1CC2CCCN2C1.COc1nc2c3c(c(C(F)(F)F)c(-c4ccc(F)c5sc(N)c(C#N)c45)c(F)c3n1)OCCN2C(C)c1cccnc1N. The number of pyridine rings is 1. The summed E-state index contributed by atoms with van der Waals surface area (Å²) in [6.07, 6.45) is 0.424. The summed E-state index contributed by atoms with van der Waals surface area (Å²) in [5.74, 6) is -2.83. The van der Waals surface area contributed by atoms with Crippen molar-refractivity contribution in [3.05, 3.63) is 70.9 Å². The van der Waals surface area contributed by atoms with Crippen LogP contribution in [0.15, 0.2) is 42.6 Å². The summed E-state index contributed by atoms with van der Waals surface area (Å²) in [6.45, 7) is 8.01. The summed E-state index contributed by atoms with van der Waals surface area (Å²) in [5.41, 5.74) is 10.4. The normalized spacial score (nSPS) is 17.7. The molecule has 3 aliphatic heterocycles. The first-order valence-electron chi connectivity index (χ1n) is 16.4. The van der Waals surface area contributed by atoms with Crippen LogP contribution in [0, 0.1) is 23.0 Å². The number of aromatic nitrogens is 3. The summed E-state index contributed by atoms with van der Waals surface area (Å²) in [5, 5.41) is 9.02. The second kappa shape index (κ2) is 13.4. The van der Waals surface area contributed by atoms with Crippen LogP contribution >= 0.6 is 11.3 Å². The number of hydrogen-bond acceptors (Lipinski definition) is 11. The van der Waals surface area contributed by atoms with Gasteiger partial charge < -0.3 is 25.8 Å². The molecule has 6 heterocycles. The van der Waals surface area contributed by atoms with Crippen molar-refractivity contribution in [2.24, 2.45) is 0 Å². The Bertz CT molecular complexity index is 2270. The molecule has 8 rings (SSSR count). The Morgan fingerprint density at radius 2 is 1.94 bits per heavy atom. The predicted octanol–water partition coefficient (Wildman–Crippen LogP) is 7.62. The smallest absolute Gasteiger partial charge is 0.420 e. The van der Waals surface area contributed by atoms with Gasteiger partial charge in [0.15, 0.2) is 5.82 Å². The molecule has 2 aromatic carbocycles. The van der Waals surface area contributed by atoms with E-state index in [9.17, 15) is 9.65 Å². The molecule has 5 aromatic rings. The van der Waals surface area contributed by atoms with Crippen molar-refractivity contribution in [3.8, 4) is 29.0 Å². The largest absolute Gasteiger partial charge is 0.490 e. The van der Waals surface area contributed by atoms with E-state index in [0.29, 0.717) is 16.9 Å². The van der Waals surface area contributed by atoms with Crippen molar-refractivity contribution in [2.75, 3.05) is 49.7 Å². The summed E-state index contributed by atoms with van der Waals surface area (Å²) in [7, 11) is 1.23. The monoisotopic (exact) mass is 736 g/mol. The first kappa shape index (κ1) is 35.1. The Labute approximate surface area is 299 Å². The molecule has 270 valence electrons. The minimum Gasteiger partial charge on any atom is -0.490 e. The molecule has 2 unspecified atom stereocenters. The molecule has 0 amide bonds. The highest BCUT2D eigenvalue weighted by Crippen LogP contribution is 2.53. The molecule has 0 radical (unpaired) electrons. The number of nitrogen functional groups attached to an aromatic ring is 2. The van der Waals surface area contributed by atoms with Crippen molar-refractivity contribution in [2.45, 2.75) is 44.4 Å². The number of anilines is 3. The Morgan fingerprint density at radius 3 is 2.63 bits per heavy atom. The summed E-state index contributed by atoms with van der Waals surface area (Å²) in [4.78, 5) is 16.7. The molecule has 0 bridgehead atoms. The lowest BCUT2D eigenvalue weighted by atomic mass is 9.91. The van der Waals surface area contributed by atoms with Crippen LogP contribution in [0.1, 0.15) is 48.9 Å². The van der Waals surface area contributed by atoms with Gasteiger partial charge in [-0.2, -0.15) is 28.4 Å². The van der Waals surface area contributed by atoms with Crippen LogP contribution in [0.2, 0.25) is 0 Å². The van der Waals surface area contributed by atoms with Gasteiger partial charge in [-0.3, -0.25) is 4.90 Å². The number of nitrogens with zero attached hydrogens (tertiary/aromatic N) is 6. The quantitative estimate of drug-likeness (QED) is 0.140. The lowest BCUT2D eigenvalue weighted by Crippen LogP contribution is -2.31. The molecule has 0 aliphatic carbocycles. The van der Waals surface area contributed by atoms with Gasteiger partial charge in [0, 0.05) is 35.3 Å². The highest BCUT2D eigenvalue weighted by Gasteiger charge is 2.44. The van der Waals surface area contributed by atoms with Gasteiger partial charge >= 0.3 is 12.2 Å². The van der Waals surface area contributed by atoms with Crippen molar-refractivity contribution in [3.63, 3.8) is 0 Å². The molecule has 2 fully saturated rings. The van der Waals surface area contributed by atoms with Crippen LogP contribution in [-0.2, 0) is 6.18 Å². The second-order valence-corrected chi connectivity index (χ2v) is 13.9. The van der Waals surface area contributed by atoms with Gasteiger partial charge in [0.05, 0.1) is 35.3 Å². The predicted molar refractivity (Wildman–Crippen MR) is 189 cm³/mol. The lowest BCUT2D eigenvalue weighted by molar-refractivity contribution is -0.138. The van der Waals surface area contributed by atoms with Crippen molar-refractivity contribution < 1.29 is 31.4 Å². The number of hydrogen-bond donors (Lipinski definition) is 2. The van der Waals surface area contributed by atoms with E-state index in [1.807, 2.05) is 0 Å². The van der Waals surface area contributed by atoms with Crippen LogP contribution in [0.5, 0.6) is 11.8 Å². The number of nitriles is 1. The Balaban J connectivity index is 0.000000404. The number of benzene rings is 2. The van der Waals surface area contributed by atoms with Crippen molar-refractivity contribution in [1.29, 1.82) is 5.26 Å². The van der Waals surface area contributed by atoms with E-state index < -0.39 is 51.8 Å². The molecule has 16 heteroatoms. The molecule has 0 saturated carbocycles. The molecule has 10 nitrogen and oxygen atoms in total. The topological polar surface area (TPSA) is 139 Å². The fraction of sp³-hybridized carbons (Fsp3) is 0.333. The van der Waals surface area contributed by atoms with Crippen LogP contribution in [-0.4, -0.2) is 59.2 Å². The molecular formula is C36H33F5N8O2S. The van der Waals surface area contributed by atoms with E-state index in [-0.39, 0.29) is 56.8 Å². The fourth-order valence-electron chi connectivity index (χ4n) is 7.44. The summed E-state index contributed by atoms with van der Waals surface area (Å²) < 4.78 is 87.5. The average Bonchev–Trinajstić information content (AvgIpc) is 3.76. The van der Waals surface area contributed by atoms with Gasteiger partial charge in [0.25, 0.3) is 0 Å². The molecule has 4 N–H and O–H groups in total. The highest BCUT2D eigenvalue weighted by atomic mass is 32.1. The van der Waals surface area contributed by atoms with Gasteiger partial charge in [-0.15, -0.1) is 11.3 Å². The first-order valence-corrected chi connectivity index (χ1v) is 17.2. The van der Waals surface area contributed by atoms with Crippen LogP contribution in [0.3, 0.4) is 0 Å². The van der Waals surface area contributed by atoms with Gasteiger partial charge in [0.1, 0.15) is 52.0 Å². The van der Waals surface area contributed by atoms with Crippen molar-refractivity contribution >= 4 is 49.0 Å². The van der Waals surface area contributed by atoms with E-state index in [2.05, 4.69) is 26.4 Å². The van der Waals surface area contributed by atoms with Crippen LogP contribution in [0.4, 0.5) is 38.6 Å². The maximum atomic E-state index is 16.7. The van der Waals surface area contributed by atoms with E-state index in [4.69, 9.17) is 20.9 Å². The molecule has 3 aromatic heterocycles. The highest BCUT2D eigenvalue weighted by molar-refractivity contribution is 7.23. The third-order valence-corrected chi connectivity index (χ3v) is 10.8. The molecular weight excluding hydrogens is 704 g/mol. The number of nitrogens with two attached hydrogens (primary N) is 2. The lowest BCUT2D eigenvalue weighted by Gasteiger charge is -2.30. The van der Waals surface area contributed by atoms with E-state index in [1.54, 1.807) is 30.0 Å². The third-order valence-electron chi connectivity index (χ3n) is 9.76. The molecule has 3 aliphatic rings. The van der Waals surface area contributed by atoms with Gasteiger partial charge in [0.2, 0.25) is 0 Å². The third kappa shape index (κ3) is 5.87. The average molecular weight is 737 g/mol. The standard InChI is InChI=1S/C28H20F5N7O2S.C8H13N/c1-11(12-4-3-7-37-24(12)35)40-8-9-42-22-18-21(38-27(41-2)39-26(18)40)20(30)17(19(22)28(31,32)33)13-5-6-15(29)23-16(13)14(10-34)25(36)43-23;1-7-5-8-3-2-4-9(8)6-7/h3-7,11H,8-9,36H2,1-2H3,(H2,35,37);8H,1-6H2. The molecule has 2 saturated heterocycles.